The van der Waals surface area contributed by atoms with E-state index in [1.54, 1.807) is 0 Å². The van der Waals surface area contributed by atoms with Gasteiger partial charge in [-0.2, -0.15) is 0 Å². The lowest BCUT2D eigenvalue weighted by Gasteiger charge is -2.20. The van der Waals surface area contributed by atoms with Crippen LogP contribution >= 0.6 is 0 Å². The van der Waals surface area contributed by atoms with Crippen LogP contribution in [-0.4, -0.2) is 43.6 Å². The third-order valence-electron chi connectivity index (χ3n) is 4.40. The molecule has 2 rings (SSSR count). The van der Waals surface area contributed by atoms with Crippen molar-refractivity contribution in [3.63, 3.8) is 0 Å². The maximum absolute atomic E-state index is 12.1. The summed E-state index contributed by atoms with van der Waals surface area (Å²) in [5, 5.41) is 3.18. The summed E-state index contributed by atoms with van der Waals surface area (Å²) in [5.74, 6) is 1.02. The highest BCUT2D eigenvalue weighted by Gasteiger charge is 2.15. The number of nitrogens with zero attached hydrogens (tertiary/aromatic N) is 1. The SMILES string of the molecule is Cc1ccc(OCCN(C)CC(=O)NC2CCCCCC2)cc1. The Hall–Kier alpha value is -1.55. The normalized spacial score (nSPS) is 16.1. The summed E-state index contributed by atoms with van der Waals surface area (Å²) >= 11 is 0. The first-order valence-electron chi connectivity index (χ1n) is 8.81. The van der Waals surface area contributed by atoms with Crippen LogP contribution in [0.5, 0.6) is 5.75 Å². The molecular formula is C19H30N2O2. The molecule has 4 nitrogen and oxygen atoms in total. The van der Waals surface area contributed by atoms with Gasteiger partial charge in [-0.05, 0) is 38.9 Å². The first-order chi connectivity index (χ1) is 11.1. The lowest BCUT2D eigenvalue weighted by Crippen LogP contribution is -2.41. The van der Waals surface area contributed by atoms with E-state index in [-0.39, 0.29) is 5.91 Å². The minimum atomic E-state index is 0.134. The van der Waals surface area contributed by atoms with Gasteiger partial charge in [-0.25, -0.2) is 0 Å². The van der Waals surface area contributed by atoms with Crippen LogP contribution in [0.3, 0.4) is 0 Å². The minimum absolute atomic E-state index is 0.134. The monoisotopic (exact) mass is 318 g/mol. The number of carbonyl (C=O) groups excluding carboxylic acids is 1. The highest BCUT2D eigenvalue weighted by molar-refractivity contribution is 5.78. The quantitative estimate of drug-likeness (QED) is 0.785. The van der Waals surface area contributed by atoms with Crippen molar-refractivity contribution in [2.24, 2.45) is 0 Å². The maximum Gasteiger partial charge on any atom is 0.234 e. The summed E-state index contributed by atoms with van der Waals surface area (Å²) in [4.78, 5) is 14.1. The van der Waals surface area contributed by atoms with Gasteiger partial charge in [0, 0.05) is 12.6 Å². The molecule has 1 aromatic rings. The van der Waals surface area contributed by atoms with Crippen molar-refractivity contribution in [2.75, 3.05) is 26.7 Å². The first-order valence-corrected chi connectivity index (χ1v) is 8.81. The first kappa shape index (κ1) is 17.8. The van der Waals surface area contributed by atoms with Crippen molar-refractivity contribution in [3.8, 4) is 5.75 Å². The van der Waals surface area contributed by atoms with E-state index >= 15 is 0 Å². The molecule has 1 fully saturated rings. The Labute approximate surface area is 140 Å². The third kappa shape index (κ3) is 7.04. The third-order valence-corrected chi connectivity index (χ3v) is 4.40. The van der Waals surface area contributed by atoms with Crippen molar-refractivity contribution in [2.45, 2.75) is 51.5 Å². The summed E-state index contributed by atoms with van der Waals surface area (Å²) in [6.07, 6.45) is 7.36. The van der Waals surface area contributed by atoms with Crippen LogP contribution in [0.2, 0.25) is 0 Å². The van der Waals surface area contributed by atoms with E-state index in [1.165, 1.54) is 31.2 Å². The number of amides is 1. The van der Waals surface area contributed by atoms with Crippen molar-refractivity contribution >= 4 is 5.91 Å². The van der Waals surface area contributed by atoms with Gasteiger partial charge in [0.1, 0.15) is 12.4 Å². The van der Waals surface area contributed by atoms with Gasteiger partial charge in [0.2, 0.25) is 5.91 Å². The Morgan fingerprint density at radius 2 is 1.83 bits per heavy atom. The summed E-state index contributed by atoms with van der Waals surface area (Å²) in [7, 11) is 1.96. The Balaban J connectivity index is 1.62. The molecular weight excluding hydrogens is 288 g/mol. The molecule has 1 aliphatic carbocycles. The molecule has 0 bridgehead atoms. The zero-order valence-corrected chi connectivity index (χ0v) is 14.5. The van der Waals surface area contributed by atoms with Crippen molar-refractivity contribution in [3.05, 3.63) is 29.8 Å². The predicted octanol–water partition coefficient (Wildman–Crippen LogP) is 3.14. The number of aryl methyl sites for hydroxylation is 1. The Kier molecular flexibility index (Phi) is 7.40. The topological polar surface area (TPSA) is 41.6 Å². The van der Waals surface area contributed by atoms with Crippen molar-refractivity contribution < 1.29 is 9.53 Å². The molecule has 1 aliphatic rings. The molecule has 128 valence electrons. The van der Waals surface area contributed by atoms with Crippen LogP contribution < -0.4 is 10.1 Å². The second-order valence-electron chi connectivity index (χ2n) is 6.66. The molecule has 1 aromatic carbocycles. The second-order valence-corrected chi connectivity index (χ2v) is 6.66. The van der Waals surface area contributed by atoms with Gasteiger partial charge in [0.25, 0.3) is 0 Å². The number of nitrogens with one attached hydrogen (secondary N) is 1. The Morgan fingerprint density at radius 1 is 1.17 bits per heavy atom. The zero-order valence-electron chi connectivity index (χ0n) is 14.5. The predicted molar refractivity (Wildman–Crippen MR) is 93.8 cm³/mol. The maximum atomic E-state index is 12.1. The highest BCUT2D eigenvalue weighted by atomic mass is 16.5. The molecule has 0 aromatic heterocycles. The van der Waals surface area contributed by atoms with Gasteiger partial charge in [-0.3, -0.25) is 9.69 Å². The molecule has 0 atom stereocenters. The fourth-order valence-corrected chi connectivity index (χ4v) is 2.98. The van der Waals surface area contributed by atoms with E-state index in [9.17, 15) is 4.79 Å². The molecule has 0 saturated heterocycles. The van der Waals surface area contributed by atoms with Crippen LogP contribution in [0.4, 0.5) is 0 Å². The fraction of sp³-hybridized carbons (Fsp3) is 0.632. The van der Waals surface area contributed by atoms with Gasteiger partial charge >= 0.3 is 0 Å². The lowest BCUT2D eigenvalue weighted by molar-refractivity contribution is -0.122. The van der Waals surface area contributed by atoms with E-state index in [0.717, 1.165) is 25.1 Å². The summed E-state index contributed by atoms with van der Waals surface area (Å²) in [6, 6.07) is 8.42. The van der Waals surface area contributed by atoms with E-state index < -0.39 is 0 Å². The molecule has 0 aliphatic heterocycles. The standard InChI is InChI=1S/C19H30N2O2/c1-16-9-11-18(12-10-16)23-14-13-21(2)15-19(22)20-17-7-5-3-4-6-8-17/h9-12,17H,3-8,13-15H2,1-2H3,(H,20,22). The average Bonchev–Trinajstić information content (AvgIpc) is 2.77. The molecule has 23 heavy (non-hydrogen) atoms. The second kappa shape index (κ2) is 9.56. The molecule has 0 spiro atoms. The molecule has 1 saturated carbocycles. The minimum Gasteiger partial charge on any atom is -0.492 e. The van der Waals surface area contributed by atoms with E-state index in [1.807, 2.05) is 36.2 Å². The summed E-state index contributed by atoms with van der Waals surface area (Å²) in [6.45, 7) is 3.83. The Morgan fingerprint density at radius 3 is 2.48 bits per heavy atom. The number of ether oxygens (including phenoxy) is 1. The van der Waals surface area contributed by atoms with E-state index in [4.69, 9.17) is 4.74 Å². The van der Waals surface area contributed by atoms with Gasteiger partial charge in [0.15, 0.2) is 0 Å². The van der Waals surface area contributed by atoms with Crippen LogP contribution in [0, 0.1) is 6.92 Å². The largest absolute Gasteiger partial charge is 0.492 e. The number of benzene rings is 1. The smallest absolute Gasteiger partial charge is 0.234 e. The summed E-state index contributed by atoms with van der Waals surface area (Å²) in [5.41, 5.74) is 1.23. The van der Waals surface area contributed by atoms with Gasteiger partial charge in [-0.15, -0.1) is 0 Å². The number of carbonyl (C=O) groups is 1. The van der Waals surface area contributed by atoms with Crippen LogP contribution in [0.15, 0.2) is 24.3 Å². The molecule has 1 N–H and O–H groups in total. The molecule has 4 heteroatoms. The molecule has 0 radical (unpaired) electrons. The zero-order chi connectivity index (χ0) is 16.5. The number of hydrogen-bond donors (Lipinski definition) is 1. The van der Waals surface area contributed by atoms with Gasteiger partial charge in [-0.1, -0.05) is 43.4 Å². The highest BCUT2D eigenvalue weighted by Crippen LogP contribution is 2.17. The number of hydrogen-bond acceptors (Lipinski definition) is 3. The van der Waals surface area contributed by atoms with E-state index in [2.05, 4.69) is 12.2 Å². The Bertz CT molecular complexity index is 465. The lowest BCUT2D eigenvalue weighted by atomic mass is 10.1. The fourth-order valence-electron chi connectivity index (χ4n) is 2.98. The molecule has 1 amide bonds. The number of rotatable bonds is 7. The molecule has 0 unspecified atom stereocenters. The van der Waals surface area contributed by atoms with Crippen LogP contribution in [0.1, 0.15) is 44.1 Å². The van der Waals surface area contributed by atoms with E-state index in [0.29, 0.717) is 19.2 Å². The summed E-state index contributed by atoms with van der Waals surface area (Å²) < 4.78 is 5.71. The van der Waals surface area contributed by atoms with Crippen LogP contribution in [-0.2, 0) is 4.79 Å². The van der Waals surface area contributed by atoms with Gasteiger partial charge < -0.3 is 10.1 Å². The van der Waals surface area contributed by atoms with Crippen molar-refractivity contribution in [1.82, 2.24) is 10.2 Å². The average molecular weight is 318 g/mol. The van der Waals surface area contributed by atoms with Crippen LogP contribution in [0.25, 0.3) is 0 Å². The van der Waals surface area contributed by atoms with Crippen molar-refractivity contribution in [1.29, 1.82) is 0 Å². The number of likely N-dealkylation sites (N-methyl/N-ethyl adjacent to an activating group) is 1. The molecule has 0 heterocycles. The van der Waals surface area contributed by atoms with Gasteiger partial charge in [0.05, 0.1) is 6.54 Å².